The molecule has 0 radical (unpaired) electrons. The fraction of sp³-hybridized carbons (Fsp3) is 0.533. The van der Waals surface area contributed by atoms with Crippen LogP contribution in [0.15, 0.2) is 18.2 Å². The summed E-state index contributed by atoms with van der Waals surface area (Å²) in [4.78, 5) is 14.3. The molecule has 0 aliphatic heterocycles. The maximum atomic E-state index is 13.3. The number of aliphatic hydroxyl groups excluding tert-OH is 1. The SMILES string of the molecule is Cc1ccc(F)cc1C(=O)N(CCCO)C1CCC1. The van der Waals surface area contributed by atoms with Gasteiger partial charge < -0.3 is 10.0 Å². The van der Waals surface area contributed by atoms with Crippen LogP contribution in [0.2, 0.25) is 0 Å². The van der Waals surface area contributed by atoms with Crippen LogP contribution < -0.4 is 0 Å². The average Bonchev–Trinajstić information content (AvgIpc) is 2.34. The largest absolute Gasteiger partial charge is 0.396 e. The van der Waals surface area contributed by atoms with Gasteiger partial charge in [0.15, 0.2) is 0 Å². The number of halogens is 1. The van der Waals surface area contributed by atoms with Gasteiger partial charge >= 0.3 is 0 Å². The molecule has 1 aromatic carbocycles. The Bertz CT molecular complexity index is 457. The standard InChI is InChI=1S/C15H20FNO2/c1-11-6-7-12(16)10-14(11)15(19)17(8-3-9-18)13-4-2-5-13/h6-7,10,13,18H,2-5,8-9H2,1H3. The zero-order chi connectivity index (χ0) is 13.8. The first-order chi connectivity index (χ1) is 9.13. The monoisotopic (exact) mass is 265 g/mol. The normalized spacial score (nSPS) is 15.1. The van der Waals surface area contributed by atoms with Crippen molar-refractivity contribution in [2.45, 2.75) is 38.6 Å². The molecule has 0 aromatic heterocycles. The van der Waals surface area contributed by atoms with Gasteiger partial charge in [-0.3, -0.25) is 4.79 Å². The van der Waals surface area contributed by atoms with Crippen molar-refractivity contribution in [3.8, 4) is 0 Å². The molecule has 1 aromatic rings. The molecule has 4 heteroatoms. The minimum atomic E-state index is -0.385. The molecular weight excluding hydrogens is 245 g/mol. The van der Waals surface area contributed by atoms with Crippen LogP contribution in [0.1, 0.15) is 41.6 Å². The first kappa shape index (κ1) is 14.0. The van der Waals surface area contributed by atoms with Crippen molar-refractivity contribution in [3.05, 3.63) is 35.1 Å². The Morgan fingerprint density at radius 2 is 2.21 bits per heavy atom. The number of aryl methyl sites for hydroxylation is 1. The molecule has 1 amide bonds. The lowest BCUT2D eigenvalue weighted by atomic mass is 9.90. The second kappa shape index (κ2) is 6.15. The van der Waals surface area contributed by atoms with Gasteiger partial charge in [0.1, 0.15) is 5.82 Å². The van der Waals surface area contributed by atoms with E-state index in [0.717, 1.165) is 24.8 Å². The zero-order valence-electron chi connectivity index (χ0n) is 11.2. The second-order valence-electron chi connectivity index (χ2n) is 5.12. The highest BCUT2D eigenvalue weighted by Gasteiger charge is 2.29. The molecule has 2 rings (SSSR count). The summed E-state index contributed by atoms with van der Waals surface area (Å²) in [5.74, 6) is -0.500. The van der Waals surface area contributed by atoms with Crippen LogP contribution in [0.25, 0.3) is 0 Å². The van der Waals surface area contributed by atoms with Crippen molar-refractivity contribution in [3.63, 3.8) is 0 Å². The molecule has 0 saturated heterocycles. The van der Waals surface area contributed by atoms with E-state index in [9.17, 15) is 9.18 Å². The lowest BCUT2D eigenvalue weighted by molar-refractivity contribution is 0.0561. The van der Waals surface area contributed by atoms with Crippen molar-refractivity contribution in [1.82, 2.24) is 4.90 Å². The van der Waals surface area contributed by atoms with E-state index >= 15 is 0 Å². The summed E-state index contributed by atoms with van der Waals surface area (Å²) in [6.45, 7) is 2.42. The predicted octanol–water partition coefficient (Wildman–Crippen LogP) is 2.51. The predicted molar refractivity (Wildman–Crippen MR) is 71.5 cm³/mol. The molecule has 1 N–H and O–H groups in total. The summed E-state index contributed by atoms with van der Waals surface area (Å²) in [5.41, 5.74) is 1.23. The average molecular weight is 265 g/mol. The first-order valence-electron chi connectivity index (χ1n) is 6.81. The van der Waals surface area contributed by atoms with Crippen LogP contribution in [0, 0.1) is 12.7 Å². The molecule has 0 atom stereocenters. The molecule has 0 heterocycles. The highest BCUT2D eigenvalue weighted by Crippen LogP contribution is 2.27. The van der Waals surface area contributed by atoms with Crippen LogP contribution in [0.5, 0.6) is 0 Å². The van der Waals surface area contributed by atoms with Crippen molar-refractivity contribution in [2.24, 2.45) is 0 Å². The van der Waals surface area contributed by atoms with Crippen LogP contribution in [0.4, 0.5) is 4.39 Å². The van der Waals surface area contributed by atoms with Gasteiger partial charge in [-0.1, -0.05) is 6.07 Å². The highest BCUT2D eigenvalue weighted by molar-refractivity contribution is 5.95. The van der Waals surface area contributed by atoms with E-state index in [1.54, 1.807) is 11.0 Å². The molecule has 1 saturated carbocycles. The molecule has 0 unspecified atom stereocenters. The van der Waals surface area contributed by atoms with Crippen LogP contribution >= 0.6 is 0 Å². The van der Waals surface area contributed by atoms with Crippen LogP contribution in [0.3, 0.4) is 0 Å². The third-order valence-corrected chi connectivity index (χ3v) is 3.76. The first-order valence-corrected chi connectivity index (χ1v) is 6.81. The van der Waals surface area contributed by atoms with E-state index in [1.165, 1.54) is 12.1 Å². The molecular formula is C15H20FNO2. The molecule has 0 spiro atoms. The summed E-state index contributed by atoms with van der Waals surface area (Å²) in [5, 5.41) is 8.94. The molecule has 104 valence electrons. The van der Waals surface area contributed by atoms with E-state index in [-0.39, 0.29) is 24.4 Å². The lowest BCUT2D eigenvalue weighted by Gasteiger charge is -2.38. The second-order valence-corrected chi connectivity index (χ2v) is 5.12. The van der Waals surface area contributed by atoms with Crippen LogP contribution in [-0.4, -0.2) is 35.1 Å². The minimum Gasteiger partial charge on any atom is -0.396 e. The molecule has 1 aliphatic carbocycles. The van der Waals surface area contributed by atoms with Gasteiger partial charge in [0.05, 0.1) is 0 Å². The maximum absolute atomic E-state index is 13.3. The molecule has 19 heavy (non-hydrogen) atoms. The van der Waals surface area contributed by atoms with Gasteiger partial charge in [-0.25, -0.2) is 4.39 Å². The number of carbonyl (C=O) groups is 1. The third-order valence-electron chi connectivity index (χ3n) is 3.76. The summed E-state index contributed by atoms with van der Waals surface area (Å²) in [6.07, 6.45) is 3.71. The minimum absolute atomic E-state index is 0.0681. The number of rotatable bonds is 5. The van der Waals surface area contributed by atoms with Crippen molar-refractivity contribution in [2.75, 3.05) is 13.2 Å². The summed E-state index contributed by atoms with van der Waals surface area (Å²) in [7, 11) is 0. The number of carbonyl (C=O) groups excluding carboxylic acids is 1. The molecule has 1 aliphatic rings. The van der Waals surface area contributed by atoms with Gasteiger partial charge in [-0.15, -0.1) is 0 Å². The number of hydrogen-bond acceptors (Lipinski definition) is 2. The Hall–Kier alpha value is -1.42. The highest BCUT2D eigenvalue weighted by atomic mass is 19.1. The number of amides is 1. The number of hydrogen-bond donors (Lipinski definition) is 1. The van der Waals surface area contributed by atoms with Crippen LogP contribution in [-0.2, 0) is 0 Å². The van der Waals surface area contributed by atoms with E-state index < -0.39 is 0 Å². The molecule has 3 nitrogen and oxygen atoms in total. The maximum Gasteiger partial charge on any atom is 0.254 e. The molecule has 1 fully saturated rings. The Morgan fingerprint density at radius 1 is 1.47 bits per heavy atom. The van der Waals surface area contributed by atoms with Crippen molar-refractivity contribution < 1.29 is 14.3 Å². The van der Waals surface area contributed by atoms with E-state index in [0.29, 0.717) is 18.5 Å². The Morgan fingerprint density at radius 3 is 2.79 bits per heavy atom. The fourth-order valence-electron chi connectivity index (χ4n) is 2.37. The Kier molecular flexibility index (Phi) is 4.53. The fourth-order valence-corrected chi connectivity index (χ4v) is 2.37. The summed E-state index contributed by atoms with van der Waals surface area (Å²) < 4.78 is 13.3. The summed E-state index contributed by atoms with van der Waals surface area (Å²) in [6, 6.07) is 4.56. The van der Waals surface area contributed by atoms with Gasteiger partial charge in [0.25, 0.3) is 5.91 Å². The third kappa shape index (κ3) is 3.13. The quantitative estimate of drug-likeness (QED) is 0.888. The topological polar surface area (TPSA) is 40.5 Å². The Labute approximate surface area is 113 Å². The van der Waals surface area contributed by atoms with Gasteiger partial charge in [-0.05, 0) is 50.3 Å². The van der Waals surface area contributed by atoms with Crippen molar-refractivity contribution >= 4 is 5.91 Å². The zero-order valence-corrected chi connectivity index (χ0v) is 11.2. The smallest absolute Gasteiger partial charge is 0.254 e. The van der Waals surface area contributed by atoms with E-state index in [2.05, 4.69) is 0 Å². The molecule has 0 bridgehead atoms. The lowest BCUT2D eigenvalue weighted by Crippen LogP contribution is -2.45. The number of aliphatic hydroxyl groups is 1. The van der Waals surface area contributed by atoms with Gasteiger partial charge in [0.2, 0.25) is 0 Å². The summed E-state index contributed by atoms with van der Waals surface area (Å²) >= 11 is 0. The van der Waals surface area contributed by atoms with Crippen molar-refractivity contribution in [1.29, 1.82) is 0 Å². The van der Waals surface area contributed by atoms with E-state index in [1.807, 2.05) is 6.92 Å². The van der Waals surface area contributed by atoms with Gasteiger partial charge in [0, 0.05) is 24.8 Å². The number of benzene rings is 1. The number of nitrogens with zero attached hydrogens (tertiary/aromatic N) is 1. The van der Waals surface area contributed by atoms with Gasteiger partial charge in [-0.2, -0.15) is 0 Å². The Balaban J connectivity index is 2.19. The van der Waals surface area contributed by atoms with E-state index in [4.69, 9.17) is 5.11 Å².